The molecule has 5 rings (SSSR count). The van der Waals surface area contributed by atoms with E-state index in [4.69, 9.17) is 0 Å². The number of imide groups is 1. The second-order valence-corrected chi connectivity index (χ2v) is 8.36. The Hall–Kier alpha value is -2.88. The van der Waals surface area contributed by atoms with Crippen molar-refractivity contribution in [2.24, 2.45) is 5.92 Å². The standard InChI is InChI=1S/C25H26N2O2/c1-2-3-5-10-16-15-19-22(23-21(16)18-13-8-9-14-20(18)26-23)25(29)27(24(19)28)17-11-6-4-7-12-17/h4,6-9,11-14,16,19,22,26H,2-3,5,10,15H2,1H3/t16-,19+,22+/m0/s1. The molecule has 0 unspecified atom stereocenters. The first-order valence-corrected chi connectivity index (χ1v) is 10.7. The number of carbonyl (C=O) groups is 2. The number of fused-ring (bicyclic) bond motifs is 5. The van der Waals surface area contributed by atoms with Gasteiger partial charge < -0.3 is 4.98 Å². The molecule has 1 aromatic heterocycles. The van der Waals surface area contributed by atoms with Gasteiger partial charge in [-0.15, -0.1) is 0 Å². The minimum atomic E-state index is -0.396. The van der Waals surface area contributed by atoms with E-state index in [1.807, 2.05) is 36.4 Å². The van der Waals surface area contributed by atoms with Gasteiger partial charge in [-0.2, -0.15) is 0 Å². The van der Waals surface area contributed by atoms with Gasteiger partial charge >= 0.3 is 0 Å². The number of aromatic amines is 1. The third kappa shape index (κ3) is 2.81. The number of hydrogen-bond acceptors (Lipinski definition) is 2. The van der Waals surface area contributed by atoms with Crippen LogP contribution < -0.4 is 4.90 Å². The summed E-state index contributed by atoms with van der Waals surface area (Å²) in [7, 11) is 0. The van der Waals surface area contributed by atoms with E-state index < -0.39 is 5.92 Å². The van der Waals surface area contributed by atoms with Crippen LogP contribution in [0.25, 0.3) is 10.9 Å². The summed E-state index contributed by atoms with van der Waals surface area (Å²) >= 11 is 0. The molecule has 4 nitrogen and oxygen atoms in total. The van der Waals surface area contributed by atoms with E-state index in [0.29, 0.717) is 11.6 Å². The van der Waals surface area contributed by atoms with Crippen molar-refractivity contribution in [2.45, 2.75) is 50.9 Å². The second kappa shape index (κ2) is 7.18. The van der Waals surface area contributed by atoms with Crippen LogP contribution in [0.15, 0.2) is 54.6 Å². The zero-order chi connectivity index (χ0) is 20.0. The van der Waals surface area contributed by atoms with E-state index in [1.54, 1.807) is 0 Å². The summed E-state index contributed by atoms with van der Waals surface area (Å²) in [5.74, 6) is -0.481. The van der Waals surface area contributed by atoms with E-state index >= 15 is 0 Å². The van der Waals surface area contributed by atoms with Crippen LogP contribution in [-0.2, 0) is 9.59 Å². The maximum absolute atomic E-state index is 13.4. The van der Waals surface area contributed by atoms with Gasteiger partial charge in [0.25, 0.3) is 0 Å². The molecular formula is C25H26N2O2. The van der Waals surface area contributed by atoms with Crippen molar-refractivity contribution in [2.75, 3.05) is 4.90 Å². The number of hydrogen-bond donors (Lipinski definition) is 1. The smallest absolute Gasteiger partial charge is 0.243 e. The predicted molar refractivity (Wildman–Crippen MR) is 115 cm³/mol. The lowest BCUT2D eigenvalue weighted by Crippen LogP contribution is -2.30. The van der Waals surface area contributed by atoms with Gasteiger partial charge in [0, 0.05) is 16.6 Å². The highest BCUT2D eigenvalue weighted by Crippen LogP contribution is 2.51. The highest BCUT2D eigenvalue weighted by Gasteiger charge is 2.53. The summed E-state index contributed by atoms with van der Waals surface area (Å²) in [6.45, 7) is 2.21. The number of unbranched alkanes of at least 4 members (excludes halogenated alkanes) is 2. The van der Waals surface area contributed by atoms with Gasteiger partial charge in [0.15, 0.2) is 0 Å². The maximum atomic E-state index is 13.4. The Morgan fingerprint density at radius 2 is 1.72 bits per heavy atom. The summed E-state index contributed by atoms with van der Waals surface area (Å²) in [4.78, 5) is 31.7. The van der Waals surface area contributed by atoms with Gasteiger partial charge in [0.05, 0.1) is 17.5 Å². The number of carbonyl (C=O) groups excluding carboxylic acids is 2. The fraction of sp³-hybridized carbons (Fsp3) is 0.360. The molecule has 2 aromatic carbocycles. The Morgan fingerprint density at radius 3 is 2.52 bits per heavy atom. The van der Waals surface area contributed by atoms with Crippen LogP contribution in [0.5, 0.6) is 0 Å². The van der Waals surface area contributed by atoms with E-state index in [-0.39, 0.29) is 17.7 Å². The fourth-order valence-corrected chi connectivity index (χ4v) is 5.32. The molecule has 0 radical (unpaired) electrons. The van der Waals surface area contributed by atoms with Gasteiger partial charge in [-0.05, 0) is 42.5 Å². The van der Waals surface area contributed by atoms with Crippen molar-refractivity contribution in [1.29, 1.82) is 0 Å². The van der Waals surface area contributed by atoms with Crippen molar-refractivity contribution in [3.05, 3.63) is 65.9 Å². The van der Waals surface area contributed by atoms with Gasteiger partial charge in [-0.3, -0.25) is 9.59 Å². The number of nitrogens with one attached hydrogen (secondary N) is 1. The molecule has 29 heavy (non-hydrogen) atoms. The Bertz CT molecular complexity index is 1070. The number of H-pyrrole nitrogens is 1. The van der Waals surface area contributed by atoms with E-state index in [2.05, 4.69) is 30.1 Å². The van der Waals surface area contributed by atoms with Gasteiger partial charge in [-0.25, -0.2) is 4.90 Å². The van der Waals surface area contributed by atoms with Crippen LogP contribution in [0.2, 0.25) is 0 Å². The van der Waals surface area contributed by atoms with Gasteiger partial charge in [-0.1, -0.05) is 62.6 Å². The Labute approximate surface area is 170 Å². The Morgan fingerprint density at radius 1 is 0.966 bits per heavy atom. The van der Waals surface area contributed by atoms with Gasteiger partial charge in [0.2, 0.25) is 11.8 Å². The fourth-order valence-electron chi connectivity index (χ4n) is 5.32. The normalized spacial score (nSPS) is 23.5. The predicted octanol–water partition coefficient (Wildman–Crippen LogP) is 5.51. The molecule has 148 valence electrons. The quantitative estimate of drug-likeness (QED) is 0.464. The zero-order valence-corrected chi connectivity index (χ0v) is 16.7. The molecular weight excluding hydrogens is 360 g/mol. The first-order chi connectivity index (χ1) is 14.2. The number of amides is 2. The lowest BCUT2D eigenvalue weighted by molar-refractivity contribution is -0.122. The molecule has 4 heteroatoms. The summed E-state index contributed by atoms with van der Waals surface area (Å²) in [6, 6.07) is 17.6. The number of rotatable bonds is 5. The van der Waals surface area contributed by atoms with Crippen LogP contribution in [-0.4, -0.2) is 16.8 Å². The van der Waals surface area contributed by atoms with Crippen LogP contribution in [0.3, 0.4) is 0 Å². The average Bonchev–Trinajstić information content (AvgIpc) is 3.24. The molecule has 3 aromatic rings. The average molecular weight is 386 g/mol. The van der Waals surface area contributed by atoms with Crippen LogP contribution in [0.4, 0.5) is 5.69 Å². The second-order valence-electron chi connectivity index (χ2n) is 8.36. The molecule has 1 aliphatic heterocycles. The molecule has 0 bridgehead atoms. The summed E-state index contributed by atoms with van der Waals surface area (Å²) in [5.41, 5.74) is 3.99. The molecule has 0 saturated carbocycles. The topological polar surface area (TPSA) is 53.2 Å². The van der Waals surface area contributed by atoms with E-state index in [0.717, 1.165) is 30.5 Å². The number of anilines is 1. The number of para-hydroxylation sites is 2. The first-order valence-electron chi connectivity index (χ1n) is 10.7. The molecule has 0 spiro atoms. The number of aromatic nitrogens is 1. The third-order valence-electron chi connectivity index (χ3n) is 6.63. The van der Waals surface area contributed by atoms with Gasteiger partial charge in [0.1, 0.15) is 0 Å². The SMILES string of the molecule is CCCCC[C@H]1C[C@H]2C(=O)N(c3ccccc3)C(=O)[C@H]2c2[nH]c3ccccc3c21. The molecule has 1 N–H and O–H groups in total. The highest BCUT2D eigenvalue weighted by molar-refractivity contribution is 6.24. The maximum Gasteiger partial charge on any atom is 0.243 e. The van der Waals surface area contributed by atoms with E-state index in [9.17, 15) is 9.59 Å². The molecule has 3 atom stereocenters. The van der Waals surface area contributed by atoms with E-state index in [1.165, 1.54) is 28.7 Å². The molecule has 1 fully saturated rings. The van der Waals surface area contributed by atoms with Crippen molar-refractivity contribution in [3.8, 4) is 0 Å². The largest absolute Gasteiger partial charge is 0.357 e. The van der Waals surface area contributed by atoms with Crippen LogP contribution in [0, 0.1) is 5.92 Å². The molecule has 1 saturated heterocycles. The lowest BCUT2D eigenvalue weighted by atomic mass is 9.72. The van der Waals surface area contributed by atoms with Crippen molar-refractivity contribution in [1.82, 2.24) is 4.98 Å². The summed E-state index contributed by atoms with van der Waals surface area (Å²) in [5, 5.41) is 1.21. The first kappa shape index (κ1) is 18.2. The van der Waals surface area contributed by atoms with Crippen LogP contribution >= 0.6 is 0 Å². The minimum absolute atomic E-state index is 0.0454. The highest BCUT2D eigenvalue weighted by atomic mass is 16.2. The molecule has 2 amide bonds. The Balaban J connectivity index is 1.61. The summed E-state index contributed by atoms with van der Waals surface area (Å²) < 4.78 is 0. The minimum Gasteiger partial charge on any atom is -0.357 e. The lowest BCUT2D eigenvalue weighted by Gasteiger charge is -2.29. The Kier molecular flexibility index (Phi) is 4.50. The van der Waals surface area contributed by atoms with Crippen molar-refractivity contribution < 1.29 is 9.59 Å². The van der Waals surface area contributed by atoms with Crippen molar-refractivity contribution >= 4 is 28.4 Å². The number of benzene rings is 2. The number of nitrogens with zero attached hydrogens (tertiary/aromatic N) is 1. The zero-order valence-electron chi connectivity index (χ0n) is 16.7. The third-order valence-corrected chi connectivity index (χ3v) is 6.63. The monoisotopic (exact) mass is 386 g/mol. The molecule has 2 aliphatic rings. The molecule has 1 aliphatic carbocycles. The molecule has 2 heterocycles. The van der Waals surface area contributed by atoms with Crippen LogP contribution in [0.1, 0.15) is 62.1 Å². The van der Waals surface area contributed by atoms with Crippen molar-refractivity contribution in [3.63, 3.8) is 0 Å². The summed E-state index contributed by atoms with van der Waals surface area (Å²) in [6.07, 6.45) is 5.36.